The SMILES string of the molecule is O=C(c1cnc(C2CC2)o1)N1C[C@H]2CCCC[C@@]2(C(=O)O)C1. The number of rotatable bonds is 3. The Morgan fingerprint density at radius 3 is 2.82 bits per heavy atom. The first-order valence-electron chi connectivity index (χ1n) is 8.08. The Morgan fingerprint density at radius 1 is 1.32 bits per heavy atom. The third kappa shape index (κ3) is 2.04. The van der Waals surface area contributed by atoms with Crippen LogP contribution < -0.4 is 0 Å². The molecule has 6 heteroatoms. The van der Waals surface area contributed by atoms with Gasteiger partial charge in [0, 0.05) is 19.0 Å². The summed E-state index contributed by atoms with van der Waals surface area (Å²) in [6, 6.07) is 0. The normalized spacial score (nSPS) is 31.1. The van der Waals surface area contributed by atoms with Crippen LogP contribution in [0.2, 0.25) is 0 Å². The highest BCUT2D eigenvalue weighted by Crippen LogP contribution is 2.47. The molecule has 2 atom stereocenters. The van der Waals surface area contributed by atoms with Crippen molar-refractivity contribution >= 4 is 11.9 Å². The molecule has 1 aliphatic heterocycles. The Morgan fingerprint density at radius 2 is 2.14 bits per heavy atom. The molecule has 1 aromatic rings. The van der Waals surface area contributed by atoms with Gasteiger partial charge in [0.2, 0.25) is 5.76 Å². The lowest BCUT2D eigenvalue weighted by Gasteiger charge is -2.33. The van der Waals surface area contributed by atoms with Crippen molar-refractivity contribution in [3.05, 3.63) is 17.8 Å². The maximum Gasteiger partial charge on any atom is 0.311 e. The summed E-state index contributed by atoms with van der Waals surface area (Å²) in [5.41, 5.74) is -0.757. The van der Waals surface area contributed by atoms with E-state index in [-0.39, 0.29) is 17.6 Å². The Balaban J connectivity index is 1.55. The molecule has 6 nitrogen and oxygen atoms in total. The standard InChI is InChI=1S/C16H20N2O4/c19-14(12-7-17-13(22-12)10-4-5-10)18-8-11-3-1-2-6-16(11,9-18)15(20)21/h7,10-11H,1-6,8-9H2,(H,20,21)/t11-,16-/m1/s1. The zero-order valence-electron chi connectivity index (χ0n) is 12.5. The van der Waals surface area contributed by atoms with E-state index in [0.29, 0.717) is 31.3 Å². The number of carbonyl (C=O) groups excluding carboxylic acids is 1. The van der Waals surface area contributed by atoms with Gasteiger partial charge in [-0.15, -0.1) is 0 Å². The van der Waals surface area contributed by atoms with Crippen LogP contribution in [0.5, 0.6) is 0 Å². The molecule has 1 N–H and O–H groups in total. The Labute approximate surface area is 128 Å². The average molecular weight is 304 g/mol. The monoisotopic (exact) mass is 304 g/mol. The summed E-state index contributed by atoms with van der Waals surface area (Å²) in [6.07, 6.45) is 7.17. The predicted octanol–water partition coefficient (Wildman–Crippen LogP) is 2.27. The van der Waals surface area contributed by atoms with Crippen molar-refractivity contribution in [2.75, 3.05) is 13.1 Å². The van der Waals surface area contributed by atoms with Crippen molar-refractivity contribution in [3.8, 4) is 0 Å². The van der Waals surface area contributed by atoms with Crippen LogP contribution in [0.3, 0.4) is 0 Å². The van der Waals surface area contributed by atoms with Crippen LogP contribution >= 0.6 is 0 Å². The Hall–Kier alpha value is -1.85. The molecule has 1 amide bonds. The van der Waals surface area contributed by atoms with E-state index in [0.717, 1.165) is 32.1 Å². The number of aliphatic carboxylic acids is 1. The molecule has 0 unspecified atom stereocenters. The smallest absolute Gasteiger partial charge is 0.311 e. The van der Waals surface area contributed by atoms with Crippen LogP contribution in [-0.2, 0) is 4.79 Å². The molecule has 1 saturated heterocycles. The lowest BCUT2D eigenvalue weighted by Crippen LogP contribution is -2.41. The minimum Gasteiger partial charge on any atom is -0.481 e. The number of hydrogen-bond donors (Lipinski definition) is 1. The Kier molecular flexibility index (Phi) is 3.03. The molecule has 2 aliphatic carbocycles. The second-order valence-electron chi connectivity index (χ2n) is 6.93. The number of amides is 1. The summed E-state index contributed by atoms with van der Waals surface area (Å²) in [6.45, 7) is 0.815. The second kappa shape index (κ2) is 4.83. The molecule has 22 heavy (non-hydrogen) atoms. The van der Waals surface area contributed by atoms with Crippen molar-refractivity contribution in [2.45, 2.75) is 44.4 Å². The predicted molar refractivity (Wildman–Crippen MR) is 76.4 cm³/mol. The Bertz CT molecular complexity index is 621. The molecular formula is C16H20N2O4. The number of aromatic nitrogens is 1. The second-order valence-corrected chi connectivity index (χ2v) is 6.93. The topological polar surface area (TPSA) is 83.6 Å². The summed E-state index contributed by atoms with van der Waals surface area (Å²) >= 11 is 0. The van der Waals surface area contributed by atoms with E-state index in [9.17, 15) is 14.7 Å². The first-order chi connectivity index (χ1) is 10.6. The molecule has 0 bridgehead atoms. The van der Waals surface area contributed by atoms with Gasteiger partial charge < -0.3 is 14.4 Å². The molecule has 1 aromatic heterocycles. The van der Waals surface area contributed by atoms with E-state index in [1.165, 1.54) is 6.20 Å². The maximum absolute atomic E-state index is 12.6. The number of oxazole rings is 1. The number of fused-ring (bicyclic) bond motifs is 1. The minimum absolute atomic E-state index is 0.0634. The summed E-state index contributed by atoms with van der Waals surface area (Å²) in [7, 11) is 0. The van der Waals surface area contributed by atoms with Crippen LogP contribution in [0.15, 0.2) is 10.6 Å². The molecule has 4 rings (SSSR count). The third-order valence-electron chi connectivity index (χ3n) is 5.49. The largest absolute Gasteiger partial charge is 0.481 e. The van der Waals surface area contributed by atoms with Gasteiger partial charge in [0.05, 0.1) is 11.6 Å². The van der Waals surface area contributed by atoms with Crippen molar-refractivity contribution in [1.82, 2.24) is 9.88 Å². The number of carbonyl (C=O) groups is 2. The van der Waals surface area contributed by atoms with Gasteiger partial charge in [0.1, 0.15) is 0 Å². The van der Waals surface area contributed by atoms with Gasteiger partial charge in [0.15, 0.2) is 5.89 Å². The van der Waals surface area contributed by atoms with Gasteiger partial charge in [-0.2, -0.15) is 0 Å². The lowest BCUT2D eigenvalue weighted by molar-refractivity contribution is -0.152. The van der Waals surface area contributed by atoms with E-state index in [1.807, 2.05) is 0 Å². The molecule has 0 radical (unpaired) electrons. The first-order valence-corrected chi connectivity index (χ1v) is 8.08. The highest BCUT2D eigenvalue weighted by atomic mass is 16.4. The average Bonchev–Trinajstić information content (AvgIpc) is 3.11. The zero-order chi connectivity index (χ0) is 15.3. The van der Waals surface area contributed by atoms with Crippen LogP contribution in [0, 0.1) is 11.3 Å². The molecule has 3 fully saturated rings. The van der Waals surface area contributed by atoms with Gasteiger partial charge >= 0.3 is 5.97 Å². The summed E-state index contributed by atoms with van der Waals surface area (Å²) in [5, 5.41) is 9.68. The van der Waals surface area contributed by atoms with Crippen LogP contribution in [0.25, 0.3) is 0 Å². The lowest BCUT2D eigenvalue weighted by atomic mass is 9.68. The molecule has 0 spiro atoms. The minimum atomic E-state index is -0.760. The maximum atomic E-state index is 12.6. The fourth-order valence-corrected chi connectivity index (χ4v) is 4.02. The van der Waals surface area contributed by atoms with E-state index in [1.54, 1.807) is 4.90 Å². The summed E-state index contributed by atoms with van der Waals surface area (Å²) in [5.74, 6) is 0.355. The first kappa shape index (κ1) is 13.8. The number of carboxylic acid groups (broad SMARTS) is 1. The van der Waals surface area contributed by atoms with Crippen molar-refractivity contribution in [1.29, 1.82) is 0 Å². The fourth-order valence-electron chi connectivity index (χ4n) is 4.02. The van der Waals surface area contributed by atoms with Crippen molar-refractivity contribution in [2.24, 2.45) is 11.3 Å². The van der Waals surface area contributed by atoms with E-state index in [4.69, 9.17) is 4.42 Å². The highest BCUT2D eigenvalue weighted by molar-refractivity contribution is 5.92. The molecule has 2 saturated carbocycles. The molecule has 2 heterocycles. The van der Waals surface area contributed by atoms with Gasteiger partial charge in [-0.1, -0.05) is 12.8 Å². The molecule has 3 aliphatic rings. The highest BCUT2D eigenvalue weighted by Gasteiger charge is 2.54. The molecule has 0 aromatic carbocycles. The zero-order valence-corrected chi connectivity index (χ0v) is 12.5. The number of hydrogen-bond acceptors (Lipinski definition) is 4. The molecular weight excluding hydrogens is 284 g/mol. The molecule has 118 valence electrons. The van der Waals surface area contributed by atoms with Crippen LogP contribution in [-0.4, -0.2) is 40.0 Å². The van der Waals surface area contributed by atoms with E-state index >= 15 is 0 Å². The van der Waals surface area contributed by atoms with Crippen LogP contribution in [0.1, 0.15) is 60.9 Å². The van der Waals surface area contributed by atoms with Crippen LogP contribution in [0.4, 0.5) is 0 Å². The fraction of sp³-hybridized carbons (Fsp3) is 0.688. The van der Waals surface area contributed by atoms with Gasteiger partial charge in [-0.3, -0.25) is 9.59 Å². The number of likely N-dealkylation sites (tertiary alicyclic amines) is 1. The number of carboxylic acids is 1. The van der Waals surface area contributed by atoms with Gasteiger partial charge in [0.25, 0.3) is 5.91 Å². The van der Waals surface area contributed by atoms with Crippen molar-refractivity contribution in [3.63, 3.8) is 0 Å². The van der Waals surface area contributed by atoms with E-state index in [2.05, 4.69) is 4.98 Å². The third-order valence-corrected chi connectivity index (χ3v) is 5.49. The quantitative estimate of drug-likeness (QED) is 0.926. The van der Waals surface area contributed by atoms with Gasteiger partial charge in [-0.05, 0) is 31.6 Å². The van der Waals surface area contributed by atoms with E-state index < -0.39 is 11.4 Å². The van der Waals surface area contributed by atoms with Gasteiger partial charge in [-0.25, -0.2) is 4.98 Å². The number of nitrogens with zero attached hydrogens (tertiary/aromatic N) is 2. The summed E-state index contributed by atoms with van der Waals surface area (Å²) < 4.78 is 5.58. The van der Waals surface area contributed by atoms with Crippen molar-refractivity contribution < 1.29 is 19.1 Å². The summed E-state index contributed by atoms with van der Waals surface area (Å²) in [4.78, 5) is 30.2.